The fourth-order valence-electron chi connectivity index (χ4n) is 1.20. The fraction of sp³-hybridized carbons (Fsp3) is 0.400. The molecule has 0 spiro atoms. The molecule has 0 fully saturated rings. The highest BCUT2D eigenvalue weighted by molar-refractivity contribution is 8.00. The predicted molar refractivity (Wildman–Crippen MR) is 71.1 cm³/mol. The second-order valence-electron chi connectivity index (χ2n) is 3.54. The molecule has 0 saturated carbocycles. The SMILES string of the molecule is O=S(=O)(CCCCl)Nc1ccc(SC(F)(F)F)cc1. The van der Waals surface area contributed by atoms with Crippen LogP contribution in [0, 0.1) is 0 Å². The van der Waals surface area contributed by atoms with Gasteiger partial charge in [-0.25, -0.2) is 8.42 Å². The minimum Gasteiger partial charge on any atom is -0.284 e. The van der Waals surface area contributed by atoms with Gasteiger partial charge in [-0.2, -0.15) is 13.2 Å². The van der Waals surface area contributed by atoms with E-state index in [0.29, 0.717) is 6.42 Å². The van der Waals surface area contributed by atoms with Crippen LogP contribution in [0.4, 0.5) is 18.9 Å². The zero-order valence-electron chi connectivity index (χ0n) is 9.58. The van der Waals surface area contributed by atoms with Crippen molar-refractivity contribution in [3.8, 4) is 0 Å². The molecule has 9 heteroatoms. The van der Waals surface area contributed by atoms with Crippen molar-refractivity contribution in [2.45, 2.75) is 16.8 Å². The van der Waals surface area contributed by atoms with Crippen LogP contribution in [0.25, 0.3) is 0 Å². The van der Waals surface area contributed by atoms with E-state index in [9.17, 15) is 21.6 Å². The maximum absolute atomic E-state index is 12.1. The highest BCUT2D eigenvalue weighted by Crippen LogP contribution is 2.37. The van der Waals surface area contributed by atoms with Crippen LogP contribution in [0.5, 0.6) is 0 Å². The Morgan fingerprint density at radius 3 is 2.26 bits per heavy atom. The number of benzene rings is 1. The number of alkyl halides is 4. The molecular weight excluding hydrogens is 323 g/mol. The maximum Gasteiger partial charge on any atom is 0.446 e. The van der Waals surface area contributed by atoms with Gasteiger partial charge >= 0.3 is 5.51 Å². The van der Waals surface area contributed by atoms with Crippen LogP contribution < -0.4 is 4.72 Å². The van der Waals surface area contributed by atoms with Crippen molar-refractivity contribution >= 4 is 39.1 Å². The Morgan fingerprint density at radius 1 is 1.21 bits per heavy atom. The maximum atomic E-state index is 12.1. The molecule has 0 radical (unpaired) electrons. The standard InChI is InChI=1S/C10H11ClF3NO2S2/c11-6-1-7-19(16,17)15-8-2-4-9(5-3-8)18-10(12,13)14/h2-5,15H,1,6-7H2. The largest absolute Gasteiger partial charge is 0.446 e. The van der Waals surface area contributed by atoms with Gasteiger partial charge in [0, 0.05) is 16.5 Å². The summed E-state index contributed by atoms with van der Waals surface area (Å²) in [6.45, 7) is 0. The van der Waals surface area contributed by atoms with Crippen molar-refractivity contribution < 1.29 is 21.6 Å². The molecule has 0 aliphatic rings. The van der Waals surface area contributed by atoms with Gasteiger partial charge in [-0.15, -0.1) is 11.6 Å². The molecule has 1 aromatic carbocycles. The molecule has 0 atom stereocenters. The summed E-state index contributed by atoms with van der Waals surface area (Å²) >= 11 is 5.14. The molecule has 0 aliphatic heterocycles. The van der Waals surface area contributed by atoms with Gasteiger partial charge in [0.15, 0.2) is 0 Å². The van der Waals surface area contributed by atoms with Crippen molar-refractivity contribution in [1.82, 2.24) is 0 Å². The first-order valence-corrected chi connectivity index (χ1v) is 8.14. The molecular formula is C10H11ClF3NO2S2. The van der Waals surface area contributed by atoms with Gasteiger partial charge in [0.1, 0.15) is 0 Å². The van der Waals surface area contributed by atoms with Crippen LogP contribution in [0.15, 0.2) is 29.2 Å². The lowest BCUT2D eigenvalue weighted by atomic mass is 10.3. The summed E-state index contributed by atoms with van der Waals surface area (Å²) in [4.78, 5) is -0.00351. The number of hydrogen-bond acceptors (Lipinski definition) is 3. The number of thioether (sulfide) groups is 1. The van der Waals surface area contributed by atoms with Crippen molar-refractivity contribution in [2.24, 2.45) is 0 Å². The second-order valence-corrected chi connectivity index (χ2v) is 6.89. The first-order valence-electron chi connectivity index (χ1n) is 5.14. The van der Waals surface area contributed by atoms with Gasteiger partial charge in [-0.3, -0.25) is 4.72 Å². The van der Waals surface area contributed by atoms with Crippen LogP contribution in [-0.2, 0) is 10.0 Å². The van der Waals surface area contributed by atoms with Crippen molar-refractivity contribution in [3.05, 3.63) is 24.3 Å². The van der Waals surface area contributed by atoms with E-state index in [2.05, 4.69) is 4.72 Å². The number of hydrogen-bond donors (Lipinski definition) is 1. The van der Waals surface area contributed by atoms with Crippen LogP contribution >= 0.6 is 23.4 Å². The third kappa shape index (κ3) is 6.93. The van der Waals surface area contributed by atoms with Crippen molar-refractivity contribution in [3.63, 3.8) is 0 Å². The molecule has 0 saturated heterocycles. The van der Waals surface area contributed by atoms with E-state index in [0.717, 1.165) is 0 Å². The van der Waals surface area contributed by atoms with E-state index in [-0.39, 0.29) is 34.0 Å². The Bertz CT molecular complexity index is 503. The smallest absolute Gasteiger partial charge is 0.284 e. The monoisotopic (exact) mass is 333 g/mol. The predicted octanol–water partition coefficient (Wildman–Crippen LogP) is 3.67. The zero-order chi connectivity index (χ0) is 14.5. The summed E-state index contributed by atoms with van der Waals surface area (Å²) in [5.74, 6) is 0.0949. The lowest BCUT2D eigenvalue weighted by Crippen LogP contribution is -2.16. The Hall–Kier alpha value is -0.600. The van der Waals surface area contributed by atoms with Gasteiger partial charge in [0.2, 0.25) is 10.0 Å². The van der Waals surface area contributed by atoms with Gasteiger partial charge < -0.3 is 0 Å². The summed E-state index contributed by atoms with van der Waals surface area (Å²) < 4.78 is 61.6. The number of sulfonamides is 1. The summed E-state index contributed by atoms with van der Waals surface area (Å²) in [6, 6.07) is 4.98. The van der Waals surface area contributed by atoms with Crippen molar-refractivity contribution in [2.75, 3.05) is 16.4 Å². The van der Waals surface area contributed by atoms with Gasteiger partial charge in [0.05, 0.1) is 5.75 Å². The molecule has 1 aromatic rings. The first kappa shape index (κ1) is 16.5. The molecule has 0 aromatic heterocycles. The second kappa shape index (κ2) is 6.71. The summed E-state index contributed by atoms with van der Waals surface area (Å²) in [5.41, 5.74) is -4.14. The van der Waals surface area contributed by atoms with Crippen LogP contribution in [0.1, 0.15) is 6.42 Å². The molecule has 0 aliphatic carbocycles. The number of anilines is 1. The van der Waals surface area contributed by atoms with Gasteiger partial charge in [-0.1, -0.05) is 0 Å². The van der Waals surface area contributed by atoms with E-state index in [1.54, 1.807) is 0 Å². The minimum atomic E-state index is -4.36. The number of nitrogens with one attached hydrogen (secondary N) is 1. The topological polar surface area (TPSA) is 46.2 Å². The fourth-order valence-corrected chi connectivity index (χ4v) is 3.15. The van der Waals surface area contributed by atoms with E-state index in [1.807, 2.05) is 0 Å². The highest BCUT2D eigenvalue weighted by atomic mass is 35.5. The van der Waals surface area contributed by atoms with Crippen LogP contribution in [0.2, 0.25) is 0 Å². The first-order chi connectivity index (χ1) is 8.72. The van der Waals surface area contributed by atoms with Crippen LogP contribution in [0.3, 0.4) is 0 Å². The highest BCUT2D eigenvalue weighted by Gasteiger charge is 2.29. The molecule has 0 amide bonds. The molecule has 0 bridgehead atoms. The molecule has 1 rings (SSSR count). The van der Waals surface area contributed by atoms with E-state index >= 15 is 0 Å². The molecule has 19 heavy (non-hydrogen) atoms. The van der Waals surface area contributed by atoms with E-state index in [1.165, 1.54) is 24.3 Å². The summed E-state index contributed by atoms with van der Waals surface area (Å²) in [6.07, 6.45) is 0.304. The Balaban J connectivity index is 2.67. The number of halogens is 4. The average Bonchev–Trinajstić information content (AvgIpc) is 2.27. The lowest BCUT2D eigenvalue weighted by molar-refractivity contribution is -0.0328. The Kier molecular flexibility index (Phi) is 5.82. The molecule has 3 nitrogen and oxygen atoms in total. The molecule has 0 unspecified atom stereocenters. The normalized spacial score (nSPS) is 12.4. The molecule has 0 heterocycles. The van der Waals surface area contributed by atoms with Crippen LogP contribution in [-0.4, -0.2) is 25.6 Å². The summed E-state index contributed by atoms with van der Waals surface area (Å²) in [5, 5.41) is 0. The quantitative estimate of drug-likeness (QED) is 0.638. The third-order valence-electron chi connectivity index (χ3n) is 1.91. The third-order valence-corrected chi connectivity index (χ3v) is 4.29. The Morgan fingerprint density at radius 2 is 1.79 bits per heavy atom. The molecule has 108 valence electrons. The Labute approximate surface area is 118 Å². The van der Waals surface area contributed by atoms with E-state index < -0.39 is 15.5 Å². The van der Waals surface area contributed by atoms with E-state index in [4.69, 9.17) is 11.6 Å². The van der Waals surface area contributed by atoms with Crippen molar-refractivity contribution in [1.29, 1.82) is 0 Å². The summed E-state index contributed by atoms with van der Waals surface area (Å²) in [7, 11) is -3.51. The molecule has 1 N–H and O–H groups in total. The van der Waals surface area contributed by atoms with Gasteiger partial charge in [-0.05, 0) is 42.4 Å². The van der Waals surface area contributed by atoms with Gasteiger partial charge in [0.25, 0.3) is 0 Å². The number of rotatable bonds is 6. The zero-order valence-corrected chi connectivity index (χ0v) is 12.0. The lowest BCUT2D eigenvalue weighted by Gasteiger charge is -2.09. The minimum absolute atomic E-state index is 0.00351. The average molecular weight is 334 g/mol.